The van der Waals surface area contributed by atoms with Gasteiger partial charge in [0.2, 0.25) is 5.91 Å². The van der Waals surface area contributed by atoms with E-state index in [9.17, 15) is 14.7 Å². The molecule has 0 spiro atoms. The lowest BCUT2D eigenvalue weighted by molar-refractivity contribution is -0.145. The van der Waals surface area contributed by atoms with Crippen molar-refractivity contribution in [3.05, 3.63) is 28.8 Å². The Morgan fingerprint density at radius 1 is 1.42 bits per heavy atom. The quantitative estimate of drug-likeness (QED) is 0.714. The highest BCUT2D eigenvalue weighted by atomic mass is 35.5. The minimum atomic E-state index is -1.23. The summed E-state index contributed by atoms with van der Waals surface area (Å²) in [6.45, 7) is 2.59. The summed E-state index contributed by atoms with van der Waals surface area (Å²) in [5.74, 6) is -1.28. The number of aliphatic carboxylic acids is 1. The topological polar surface area (TPSA) is 94.1 Å². The molecule has 1 aromatic carbocycles. The minimum Gasteiger partial charge on any atom is -0.495 e. The lowest BCUT2D eigenvalue weighted by Crippen LogP contribution is -2.41. The van der Waals surface area contributed by atoms with Gasteiger partial charge in [0.15, 0.2) is 6.04 Å². The first kappa shape index (κ1) is 20.5. The molecule has 144 valence electrons. The van der Waals surface area contributed by atoms with Gasteiger partial charge in [-0.25, -0.2) is 4.79 Å². The van der Waals surface area contributed by atoms with Crippen LogP contribution >= 0.6 is 11.6 Å². The van der Waals surface area contributed by atoms with Crippen LogP contribution in [0.25, 0.3) is 0 Å². The number of hydrogen-bond donors (Lipinski definition) is 2. The van der Waals surface area contributed by atoms with Gasteiger partial charge in [0.05, 0.1) is 24.8 Å². The molecule has 8 heteroatoms. The van der Waals surface area contributed by atoms with E-state index < -0.39 is 24.0 Å². The molecular weight excluding hydrogens is 362 g/mol. The highest BCUT2D eigenvalue weighted by molar-refractivity contribution is 6.32. The lowest BCUT2D eigenvalue weighted by Gasteiger charge is -2.24. The number of carboxylic acid groups (broad SMARTS) is 1. The number of rotatable bonds is 8. The number of halogens is 1. The van der Waals surface area contributed by atoms with Gasteiger partial charge < -0.3 is 24.6 Å². The van der Waals surface area contributed by atoms with Crippen LogP contribution in [0.1, 0.15) is 37.8 Å². The predicted octanol–water partition coefficient (Wildman–Crippen LogP) is 2.56. The molecule has 1 aliphatic heterocycles. The van der Waals surface area contributed by atoms with Crippen molar-refractivity contribution in [2.45, 2.75) is 44.4 Å². The average Bonchev–Trinajstić information content (AvgIpc) is 2.64. The maximum Gasteiger partial charge on any atom is 0.330 e. The van der Waals surface area contributed by atoms with Gasteiger partial charge in [0, 0.05) is 6.61 Å². The Bertz CT molecular complexity index is 632. The van der Waals surface area contributed by atoms with Gasteiger partial charge >= 0.3 is 5.97 Å². The Morgan fingerprint density at radius 3 is 2.77 bits per heavy atom. The number of carboxylic acids is 1. The molecule has 0 aliphatic carbocycles. The summed E-state index contributed by atoms with van der Waals surface area (Å²) in [4.78, 5) is 23.9. The van der Waals surface area contributed by atoms with E-state index in [2.05, 4.69) is 5.32 Å². The number of hydrogen-bond acceptors (Lipinski definition) is 5. The number of nitrogens with one attached hydrogen (secondary N) is 1. The van der Waals surface area contributed by atoms with Crippen LogP contribution in [0.4, 0.5) is 0 Å². The molecule has 1 heterocycles. The van der Waals surface area contributed by atoms with Gasteiger partial charge in [-0.05, 0) is 43.9 Å². The fourth-order valence-corrected chi connectivity index (χ4v) is 2.94. The normalized spacial score (nSPS) is 19.4. The van der Waals surface area contributed by atoms with Crippen molar-refractivity contribution in [2.24, 2.45) is 0 Å². The third-order valence-corrected chi connectivity index (χ3v) is 4.51. The third kappa shape index (κ3) is 5.59. The summed E-state index contributed by atoms with van der Waals surface area (Å²) < 4.78 is 16.1. The summed E-state index contributed by atoms with van der Waals surface area (Å²) in [6, 6.07) is 3.33. The Hall–Kier alpha value is -1.83. The van der Waals surface area contributed by atoms with Crippen LogP contribution in [0.5, 0.6) is 5.75 Å². The number of benzene rings is 1. The van der Waals surface area contributed by atoms with Crippen LogP contribution in [0.15, 0.2) is 18.2 Å². The van der Waals surface area contributed by atoms with Crippen LogP contribution in [-0.2, 0) is 19.1 Å². The average molecular weight is 386 g/mol. The van der Waals surface area contributed by atoms with Crippen molar-refractivity contribution in [1.82, 2.24) is 5.32 Å². The Kier molecular flexibility index (Phi) is 7.68. The van der Waals surface area contributed by atoms with Gasteiger partial charge in [-0.15, -0.1) is 0 Å². The molecule has 1 aromatic rings. The molecule has 3 unspecified atom stereocenters. The number of ether oxygens (including phenoxy) is 3. The molecule has 0 radical (unpaired) electrons. The number of carbonyl (C=O) groups is 2. The van der Waals surface area contributed by atoms with Gasteiger partial charge in [0.1, 0.15) is 11.9 Å². The fourth-order valence-electron chi connectivity index (χ4n) is 2.68. The van der Waals surface area contributed by atoms with Gasteiger partial charge in [-0.3, -0.25) is 4.79 Å². The molecule has 1 aliphatic rings. The lowest BCUT2D eigenvalue weighted by atomic mass is 10.1. The van der Waals surface area contributed by atoms with Gasteiger partial charge in [0.25, 0.3) is 0 Å². The van der Waals surface area contributed by atoms with E-state index in [0.717, 1.165) is 19.3 Å². The first-order valence-electron chi connectivity index (χ1n) is 8.52. The standard InChI is InChI=1S/C18H24ClNO6/c1-11(26-10-13-5-3-4-8-25-13)17(21)20-16(18(22)23)12-6-7-15(24-2)14(19)9-12/h6-7,9,11,13,16H,3-5,8,10H2,1-2H3,(H,20,21)(H,22,23). The number of amides is 1. The second kappa shape index (κ2) is 9.75. The molecule has 3 atom stereocenters. The zero-order chi connectivity index (χ0) is 19.1. The summed E-state index contributed by atoms with van der Waals surface area (Å²) in [5.41, 5.74) is 0.347. The largest absolute Gasteiger partial charge is 0.495 e. The number of methoxy groups -OCH3 is 1. The summed E-state index contributed by atoms with van der Waals surface area (Å²) in [6.07, 6.45) is 2.20. The van der Waals surface area contributed by atoms with E-state index in [1.54, 1.807) is 19.1 Å². The second-order valence-corrected chi connectivity index (χ2v) is 6.55. The van der Waals surface area contributed by atoms with Crippen LogP contribution in [0, 0.1) is 0 Å². The molecule has 0 aromatic heterocycles. The van der Waals surface area contributed by atoms with Crippen LogP contribution in [0.2, 0.25) is 5.02 Å². The molecule has 1 amide bonds. The second-order valence-electron chi connectivity index (χ2n) is 6.14. The zero-order valence-corrected chi connectivity index (χ0v) is 15.6. The van der Waals surface area contributed by atoms with Crippen LogP contribution in [-0.4, -0.2) is 49.5 Å². The van der Waals surface area contributed by atoms with E-state index in [1.165, 1.54) is 13.2 Å². The Balaban J connectivity index is 1.96. The summed E-state index contributed by atoms with van der Waals surface area (Å²) >= 11 is 6.04. The third-order valence-electron chi connectivity index (χ3n) is 4.22. The van der Waals surface area contributed by atoms with E-state index in [1.807, 2.05) is 0 Å². The highest BCUT2D eigenvalue weighted by Crippen LogP contribution is 2.28. The van der Waals surface area contributed by atoms with E-state index >= 15 is 0 Å². The van der Waals surface area contributed by atoms with Crippen molar-refractivity contribution in [2.75, 3.05) is 20.3 Å². The molecule has 1 fully saturated rings. The SMILES string of the molecule is COc1ccc(C(NC(=O)C(C)OCC2CCCCO2)C(=O)O)cc1Cl. The first-order valence-corrected chi connectivity index (χ1v) is 8.90. The monoisotopic (exact) mass is 385 g/mol. The number of carbonyl (C=O) groups excluding carboxylic acids is 1. The Morgan fingerprint density at radius 2 is 2.19 bits per heavy atom. The van der Waals surface area contributed by atoms with Gasteiger partial charge in [-0.1, -0.05) is 17.7 Å². The predicted molar refractivity (Wildman–Crippen MR) is 95.5 cm³/mol. The summed E-state index contributed by atoms with van der Waals surface area (Å²) in [7, 11) is 1.46. The fraction of sp³-hybridized carbons (Fsp3) is 0.556. The maximum atomic E-state index is 12.3. The van der Waals surface area contributed by atoms with Crippen molar-refractivity contribution >= 4 is 23.5 Å². The molecule has 1 saturated heterocycles. The van der Waals surface area contributed by atoms with E-state index in [-0.39, 0.29) is 11.1 Å². The molecular formula is C18H24ClNO6. The highest BCUT2D eigenvalue weighted by Gasteiger charge is 2.26. The molecule has 7 nitrogen and oxygen atoms in total. The van der Waals surface area contributed by atoms with Crippen molar-refractivity contribution in [3.8, 4) is 5.75 Å². The molecule has 26 heavy (non-hydrogen) atoms. The molecule has 2 N–H and O–H groups in total. The molecule has 0 saturated carbocycles. The summed E-state index contributed by atoms with van der Waals surface area (Å²) in [5, 5.41) is 12.2. The maximum absolute atomic E-state index is 12.3. The zero-order valence-electron chi connectivity index (χ0n) is 14.9. The van der Waals surface area contributed by atoms with Gasteiger partial charge in [-0.2, -0.15) is 0 Å². The molecule has 2 rings (SSSR count). The van der Waals surface area contributed by atoms with E-state index in [0.29, 0.717) is 24.5 Å². The van der Waals surface area contributed by atoms with Crippen molar-refractivity contribution < 1.29 is 28.9 Å². The van der Waals surface area contributed by atoms with Crippen molar-refractivity contribution in [1.29, 1.82) is 0 Å². The Labute approximate surface area is 157 Å². The van der Waals surface area contributed by atoms with E-state index in [4.69, 9.17) is 25.8 Å². The molecule has 0 bridgehead atoms. The van der Waals surface area contributed by atoms with Crippen LogP contribution in [0.3, 0.4) is 0 Å². The first-order chi connectivity index (χ1) is 12.4. The van der Waals surface area contributed by atoms with Crippen LogP contribution < -0.4 is 10.1 Å². The smallest absolute Gasteiger partial charge is 0.330 e. The van der Waals surface area contributed by atoms with Crippen molar-refractivity contribution in [3.63, 3.8) is 0 Å². The minimum absolute atomic E-state index is 0.0188.